The van der Waals surface area contributed by atoms with E-state index in [-0.39, 0.29) is 34.7 Å². The number of rotatable bonds is 4. The van der Waals surface area contributed by atoms with Crippen molar-refractivity contribution in [3.8, 4) is 0 Å². The predicted octanol–water partition coefficient (Wildman–Crippen LogP) is 3.37. The summed E-state index contributed by atoms with van der Waals surface area (Å²) in [5, 5.41) is 0.290. The number of hydrogen-bond acceptors (Lipinski definition) is 6. The number of amides is 2. The molecule has 0 bridgehead atoms. The zero-order valence-electron chi connectivity index (χ0n) is 15.2. The van der Waals surface area contributed by atoms with Crippen LogP contribution in [0.5, 0.6) is 0 Å². The fourth-order valence-corrected chi connectivity index (χ4v) is 5.50. The van der Waals surface area contributed by atoms with Gasteiger partial charge in [0.2, 0.25) is 11.8 Å². The molecule has 1 aliphatic heterocycles. The van der Waals surface area contributed by atoms with E-state index >= 15 is 0 Å². The van der Waals surface area contributed by atoms with Gasteiger partial charge in [-0.05, 0) is 55.3 Å². The average Bonchev–Trinajstić information content (AvgIpc) is 3.17. The topological polar surface area (TPSA) is 96.4 Å². The molecule has 1 N–H and O–H groups in total. The SMILES string of the molecule is Cc1cc(C)c2nc(NS(=O)(=O)c3ccc(N4C(=O)CCC4=O)cc3)sc2c1. The second-order valence-electron chi connectivity index (χ2n) is 6.67. The summed E-state index contributed by atoms with van der Waals surface area (Å²) >= 11 is 1.27. The molecule has 0 atom stereocenters. The molecule has 1 aromatic heterocycles. The molecule has 0 aliphatic carbocycles. The van der Waals surface area contributed by atoms with E-state index in [1.54, 1.807) is 0 Å². The summed E-state index contributed by atoms with van der Waals surface area (Å²) in [5.74, 6) is -0.558. The number of hydrogen-bond donors (Lipinski definition) is 1. The third kappa shape index (κ3) is 3.27. The average molecular weight is 415 g/mol. The molecule has 3 aromatic rings. The largest absolute Gasteiger partial charge is 0.274 e. The zero-order chi connectivity index (χ0) is 20.1. The lowest BCUT2D eigenvalue weighted by Gasteiger charge is -2.14. The quantitative estimate of drug-likeness (QED) is 0.659. The maximum absolute atomic E-state index is 12.7. The molecule has 144 valence electrons. The number of carbonyl (C=O) groups excluding carboxylic acids is 2. The molecular weight excluding hydrogens is 398 g/mol. The van der Waals surface area contributed by atoms with Crippen molar-refractivity contribution in [2.24, 2.45) is 0 Å². The molecule has 2 aromatic carbocycles. The van der Waals surface area contributed by atoms with Crippen molar-refractivity contribution in [3.05, 3.63) is 47.5 Å². The Morgan fingerprint density at radius 2 is 1.68 bits per heavy atom. The van der Waals surface area contributed by atoms with Crippen molar-refractivity contribution >= 4 is 54.2 Å². The first kappa shape index (κ1) is 18.6. The van der Waals surface area contributed by atoms with Crippen LogP contribution in [0.1, 0.15) is 24.0 Å². The van der Waals surface area contributed by atoms with Crippen LogP contribution in [0.4, 0.5) is 10.8 Å². The minimum Gasteiger partial charge on any atom is -0.274 e. The summed E-state index contributed by atoms with van der Waals surface area (Å²) in [5.41, 5.74) is 3.22. The van der Waals surface area contributed by atoms with E-state index in [0.29, 0.717) is 5.69 Å². The van der Waals surface area contributed by atoms with Crippen molar-refractivity contribution in [3.63, 3.8) is 0 Å². The lowest BCUT2D eigenvalue weighted by atomic mass is 10.1. The number of sulfonamides is 1. The summed E-state index contributed by atoms with van der Waals surface area (Å²) in [6, 6.07) is 9.64. The van der Waals surface area contributed by atoms with Gasteiger partial charge in [0, 0.05) is 12.8 Å². The van der Waals surface area contributed by atoms with Crippen molar-refractivity contribution in [1.29, 1.82) is 0 Å². The number of fused-ring (bicyclic) bond motifs is 1. The Labute approximate surface area is 166 Å². The highest BCUT2D eigenvalue weighted by Gasteiger charge is 2.30. The van der Waals surface area contributed by atoms with Gasteiger partial charge >= 0.3 is 0 Å². The molecule has 28 heavy (non-hydrogen) atoms. The lowest BCUT2D eigenvalue weighted by molar-refractivity contribution is -0.121. The lowest BCUT2D eigenvalue weighted by Crippen LogP contribution is -2.28. The number of carbonyl (C=O) groups is 2. The van der Waals surface area contributed by atoms with E-state index < -0.39 is 10.0 Å². The summed E-state index contributed by atoms with van der Waals surface area (Å²) in [6.45, 7) is 3.92. The van der Waals surface area contributed by atoms with E-state index in [0.717, 1.165) is 26.2 Å². The Balaban J connectivity index is 1.61. The molecule has 1 fully saturated rings. The Kier molecular flexibility index (Phi) is 4.43. The Bertz CT molecular complexity index is 1200. The summed E-state index contributed by atoms with van der Waals surface area (Å²) in [7, 11) is -3.84. The normalized spacial score (nSPS) is 14.9. The van der Waals surface area contributed by atoms with Crippen LogP contribution in [0.25, 0.3) is 10.2 Å². The number of anilines is 2. The molecule has 7 nitrogen and oxygen atoms in total. The third-order valence-electron chi connectivity index (χ3n) is 4.51. The second kappa shape index (κ2) is 6.68. The molecule has 2 heterocycles. The molecule has 0 radical (unpaired) electrons. The van der Waals surface area contributed by atoms with Gasteiger partial charge in [-0.2, -0.15) is 0 Å². The Morgan fingerprint density at radius 3 is 2.32 bits per heavy atom. The van der Waals surface area contributed by atoms with Crippen LogP contribution in [0.2, 0.25) is 0 Å². The highest BCUT2D eigenvalue weighted by Crippen LogP contribution is 2.31. The number of aromatic nitrogens is 1. The highest BCUT2D eigenvalue weighted by atomic mass is 32.2. The first-order valence-corrected chi connectivity index (χ1v) is 10.9. The van der Waals surface area contributed by atoms with Crippen molar-refractivity contribution in [1.82, 2.24) is 4.98 Å². The molecule has 2 amide bonds. The van der Waals surface area contributed by atoms with Crippen LogP contribution in [0.3, 0.4) is 0 Å². The monoisotopic (exact) mass is 415 g/mol. The van der Waals surface area contributed by atoms with Gasteiger partial charge in [-0.3, -0.25) is 19.2 Å². The third-order valence-corrected chi connectivity index (χ3v) is 6.91. The summed E-state index contributed by atoms with van der Waals surface area (Å²) < 4.78 is 28.8. The number of benzene rings is 2. The Morgan fingerprint density at radius 1 is 1.04 bits per heavy atom. The first-order chi connectivity index (χ1) is 13.2. The van der Waals surface area contributed by atoms with Gasteiger partial charge < -0.3 is 0 Å². The van der Waals surface area contributed by atoms with Crippen molar-refractivity contribution in [2.75, 3.05) is 9.62 Å². The van der Waals surface area contributed by atoms with Gasteiger partial charge in [0.15, 0.2) is 5.13 Å². The Hall–Kier alpha value is -2.78. The van der Waals surface area contributed by atoms with Gasteiger partial charge in [-0.15, -0.1) is 0 Å². The van der Waals surface area contributed by atoms with Crippen LogP contribution < -0.4 is 9.62 Å². The molecule has 1 aliphatic rings. The summed E-state index contributed by atoms with van der Waals surface area (Å²) in [4.78, 5) is 29.1. The zero-order valence-corrected chi connectivity index (χ0v) is 16.9. The van der Waals surface area contributed by atoms with Crippen molar-refractivity contribution < 1.29 is 18.0 Å². The maximum atomic E-state index is 12.7. The molecule has 0 unspecified atom stereocenters. The fraction of sp³-hybridized carbons (Fsp3) is 0.211. The fourth-order valence-electron chi connectivity index (χ4n) is 3.23. The predicted molar refractivity (Wildman–Crippen MR) is 108 cm³/mol. The van der Waals surface area contributed by atoms with Gasteiger partial charge in [-0.25, -0.2) is 13.4 Å². The number of imide groups is 1. The van der Waals surface area contributed by atoms with E-state index in [1.807, 2.05) is 26.0 Å². The van der Waals surface area contributed by atoms with E-state index in [9.17, 15) is 18.0 Å². The van der Waals surface area contributed by atoms with Gasteiger partial charge in [0.1, 0.15) is 0 Å². The minimum absolute atomic E-state index is 0.0301. The highest BCUT2D eigenvalue weighted by molar-refractivity contribution is 7.93. The summed E-state index contributed by atoms with van der Waals surface area (Å²) in [6.07, 6.45) is 0.355. The maximum Gasteiger partial charge on any atom is 0.263 e. The molecule has 9 heteroatoms. The van der Waals surface area contributed by atoms with Crippen LogP contribution in [0, 0.1) is 13.8 Å². The van der Waals surface area contributed by atoms with Gasteiger partial charge in [0.05, 0.1) is 20.8 Å². The standard InChI is InChI=1S/C19H17N3O4S2/c1-11-9-12(2)18-15(10-11)27-19(20-18)21-28(25,26)14-5-3-13(4-6-14)22-16(23)7-8-17(22)24/h3-6,9-10H,7-8H2,1-2H3,(H,20,21). The number of nitrogens with one attached hydrogen (secondary N) is 1. The second-order valence-corrected chi connectivity index (χ2v) is 9.38. The van der Waals surface area contributed by atoms with Gasteiger partial charge in [-0.1, -0.05) is 17.4 Å². The van der Waals surface area contributed by atoms with E-state index in [2.05, 4.69) is 9.71 Å². The smallest absolute Gasteiger partial charge is 0.263 e. The van der Waals surface area contributed by atoms with E-state index in [1.165, 1.54) is 35.6 Å². The minimum atomic E-state index is -3.84. The number of nitrogens with zero attached hydrogens (tertiary/aromatic N) is 2. The molecular formula is C19H17N3O4S2. The number of aryl methyl sites for hydroxylation is 2. The van der Waals surface area contributed by atoms with Gasteiger partial charge in [0.25, 0.3) is 10.0 Å². The first-order valence-electron chi connectivity index (χ1n) is 8.61. The molecule has 0 saturated carbocycles. The van der Waals surface area contributed by atoms with E-state index in [4.69, 9.17) is 0 Å². The van der Waals surface area contributed by atoms with Crippen LogP contribution in [-0.4, -0.2) is 25.2 Å². The molecule has 1 saturated heterocycles. The number of thiazole rings is 1. The molecule has 0 spiro atoms. The van der Waals surface area contributed by atoms with Crippen LogP contribution in [0.15, 0.2) is 41.3 Å². The van der Waals surface area contributed by atoms with Crippen molar-refractivity contribution in [2.45, 2.75) is 31.6 Å². The molecule has 4 rings (SSSR count). The van der Waals surface area contributed by atoms with Crippen LogP contribution >= 0.6 is 11.3 Å². The van der Waals surface area contributed by atoms with Crippen LogP contribution in [-0.2, 0) is 19.6 Å².